The number of halogens is 1. The molecule has 0 aromatic heterocycles. The Morgan fingerprint density at radius 3 is 2.19 bits per heavy atom. The summed E-state index contributed by atoms with van der Waals surface area (Å²) in [7, 11) is -2.62. The summed E-state index contributed by atoms with van der Waals surface area (Å²) in [6.07, 6.45) is 0. The molecule has 37 heavy (non-hydrogen) atoms. The molecular weight excluding hydrogens is 514 g/mol. The van der Waals surface area contributed by atoms with Gasteiger partial charge in [-0.15, -0.1) is 0 Å². The third kappa shape index (κ3) is 6.30. The zero-order chi connectivity index (χ0) is 27.5. The van der Waals surface area contributed by atoms with E-state index in [1.807, 2.05) is 18.2 Å². The van der Waals surface area contributed by atoms with Crippen LogP contribution < -0.4 is 15.8 Å². The van der Waals surface area contributed by atoms with Gasteiger partial charge in [-0.3, -0.25) is 9.52 Å². The Kier molecular flexibility index (Phi) is 8.63. The zero-order valence-corrected chi connectivity index (χ0v) is 22.9. The fourth-order valence-electron chi connectivity index (χ4n) is 4.09. The van der Waals surface area contributed by atoms with Crippen molar-refractivity contribution in [3.05, 3.63) is 81.4 Å². The smallest absolute Gasteiger partial charge is 0.329 e. The maximum atomic E-state index is 13.1. The second-order valence-electron chi connectivity index (χ2n) is 8.82. The Morgan fingerprint density at radius 1 is 0.946 bits per heavy atom. The van der Waals surface area contributed by atoms with Crippen molar-refractivity contribution in [1.82, 2.24) is 5.32 Å². The van der Waals surface area contributed by atoms with Crippen LogP contribution in [0.2, 0.25) is 5.02 Å². The number of anilines is 1. The van der Waals surface area contributed by atoms with E-state index >= 15 is 0 Å². The van der Waals surface area contributed by atoms with E-state index in [-0.39, 0.29) is 11.4 Å². The summed E-state index contributed by atoms with van der Waals surface area (Å²) < 4.78 is 33.5. The standard InChI is InChI=1S/C27H30ClN3O5S/c1-15-12-24(16(2)11-22(15)28)37(34,35)31-21-8-6-7-19(13-21)20-9-17(3)25(18(4)10-20)26(32)30-23(14-29)27(33)36-5/h6-13,23,31H,14,29H2,1-5H3,(H,30,32). The van der Waals surface area contributed by atoms with Crippen LogP contribution in [0.1, 0.15) is 32.6 Å². The highest BCUT2D eigenvalue weighted by Crippen LogP contribution is 2.30. The molecule has 8 nitrogen and oxygen atoms in total. The summed E-state index contributed by atoms with van der Waals surface area (Å²) in [4.78, 5) is 24.9. The predicted molar refractivity (Wildman–Crippen MR) is 145 cm³/mol. The fraction of sp³-hybridized carbons (Fsp3) is 0.259. The molecule has 0 saturated heterocycles. The van der Waals surface area contributed by atoms with E-state index in [1.54, 1.807) is 58.0 Å². The number of esters is 1. The van der Waals surface area contributed by atoms with Crippen LogP contribution in [0.3, 0.4) is 0 Å². The van der Waals surface area contributed by atoms with Gasteiger partial charge in [0.25, 0.3) is 15.9 Å². The van der Waals surface area contributed by atoms with Crippen molar-refractivity contribution in [3.63, 3.8) is 0 Å². The molecule has 0 heterocycles. The molecule has 0 aliphatic heterocycles. The second-order valence-corrected chi connectivity index (χ2v) is 10.9. The maximum absolute atomic E-state index is 13.1. The number of sulfonamides is 1. The first-order chi connectivity index (χ1) is 17.4. The van der Waals surface area contributed by atoms with Crippen molar-refractivity contribution in [3.8, 4) is 11.1 Å². The van der Waals surface area contributed by atoms with E-state index in [9.17, 15) is 18.0 Å². The molecule has 0 spiro atoms. The number of hydrogen-bond acceptors (Lipinski definition) is 6. The average molecular weight is 544 g/mol. The molecule has 196 valence electrons. The predicted octanol–water partition coefficient (Wildman–Crippen LogP) is 4.27. The lowest BCUT2D eigenvalue weighted by atomic mass is 9.94. The van der Waals surface area contributed by atoms with E-state index in [1.165, 1.54) is 7.11 Å². The van der Waals surface area contributed by atoms with Gasteiger partial charge < -0.3 is 15.8 Å². The summed E-state index contributed by atoms with van der Waals surface area (Å²) in [6, 6.07) is 12.9. The van der Waals surface area contributed by atoms with Crippen LogP contribution in [0.4, 0.5) is 5.69 Å². The Labute approximate surface area is 222 Å². The van der Waals surface area contributed by atoms with Crippen LogP contribution in [0, 0.1) is 27.7 Å². The SMILES string of the molecule is COC(=O)C(CN)NC(=O)c1c(C)cc(-c2cccc(NS(=O)(=O)c3cc(C)c(Cl)cc3C)c2)cc1C. The summed E-state index contributed by atoms with van der Waals surface area (Å²) in [5, 5.41) is 3.12. The number of carbonyl (C=O) groups excluding carboxylic acids is 2. The van der Waals surface area contributed by atoms with E-state index in [4.69, 9.17) is 17.3 Å². The first-order valence-corrected chi connectivity index (χ1v) is 13.3. The number of carbonyl (C=O) groups is 2. The lowest BCUT2D eigenvalue weighted by Gasteiger charge is -2.18. The monoisotopic (exact) mass is 543 g/mol. The zero-order valence-electron chi connectivity index (χ0n) is 21.3. The largest absolute Gasteiger partial charge is 0.467 e. The molecule has 10 heteroatoms. The number of ether oxygens (including phenoxy) is 1. The summed E-state index contributed by atoms with van der Waals surface area (Å²) in [5.41, 5.74) is 10.6. The average Bonchev–Trinajstić information content (AvgIpc) is 2.83. The van der Waals surface area contributed by atoms with Crippen LogP contribution in [-0.4, -0.2) is 40.0 Å². The molecule has 0 saturated carbocycles. The van der Waals surface area contributed by atoms with E-state index in [0.29, 0.717) is 38.5 Å². The van der Waals surface area contributed by atoms with E-state index in [0.717, 1.165) is 11.1 Å². The Hall–Kier alpha value is -3.40. The summed E-state index contributed by atoms with van der Waals surface area (Å²) in [6.45, 7) is 6.94. The van der Waals surface area contributed by atoms with E-state index < -0.39 is 27.9 Å². The van der Waals surface area contributed by atoms with Crippen LogP contribution >= 0.6 is 11.6 Å². The van der Waals surface area contributed by atoms with Gasteiger partial charge in [0.05, 0.1) is 12.0 Å². The molecule has 1 amide bonds. The quantitative estimate of drug-likeness (QED) is 0.364. The number of nitrogens with one attached hydrogen (secondary N) is 2. The Bertz CT molecular complexity index is 1450. The fourth-order valence-corrected chi connectivity index (χ4v) is 5.67. The van der Waals surface area contributed by atoms with Crippen LogP contribution in [0.25, 0.3) is 11.1 Å². The number of rotatable bonds is 8. The van der Waals surface area contributed by atoms with Crippen molar-refractivity contribution in [1.29, 1.82) is 0 Å². The number of hydrogen-bond donors (Lipinski definition) is 3. The van der Waals surface area contributed by atoms with Crippen LogP contribution in [0.15, 0.2) is 53.4 Å². The van der Waals surface area contributed by atoms with Crippen molar-refractivity contribution in [2.45, 2.75) is 38.6 Å². The van der Waals surface area contributed by atoms with E-state index in [2.05, 4.69) is 14.8 Å². The van der Waals surface area contributed by atoms with Gasteiger partial charge in [0.1, 0.15) is 6.04 Å². The molecule has 3 aromatic rings. The van der Waals surface area contributed by atoms with Gasteiger partial charge in [-0.1, -0.05) is 35.9 Å². The minimum atomic E-state index is -3.85. The van der Waals surface area contributed by atoms with Crippen LogP contribution in [0.5, 0.6) is 0 Å². The molecule has 0 fully saturated rings. The van der Waals surface area contributed by atoms with Gasteiger partial charge in [0.15, 0.2) is 0 Å². The number of amides is 1. The van der Waals surface area contributed by atoms with Crippen molar-refractivity contribution < 1.29 is 22.7 Å². The number of nitrogens with two attached hydrogens (primary N) is 1. The second kappa shape index (κ2) is 11.3. The molecule has 0 aliphatic rings. The van der Waals surface area contributed by atoms with Gasteiger partial charge in [0, 0.05) is 22.8 Å². The number of methoxy groups -OCH3 is 1. The molecule has 1 atom stereocenters. The van der Waals surface area contributed by atoms with Gasteiger partial charge in [-0.25, -0.2) is 13.2 Å². The third-order valence-electron chi connectivity index (χ3n) is 5.98. The minimum absolute atomic E-state index is 0.0909. The molecule has 4 N–H and O–H groups in total. The molecule has 1 unspecified atom stereocenters. The van der Waals surface area contributed by atoms with Crippen LogP contribution in [-0.2, 0) is 19.6 Å². The Morgan fingerprint density at radius 2 is 1.59 bits per heavy atom. The van der Waals surface area contributed by atoms with Gasteiger partial charge in [-0.2, -0.15) is 0 Å². The van der Waals surface area contributed by atoms with Gasteiger partial charge >= 0.3 is 5.97 Å². The van der Waals surface area contributed by atoms with Gasteiger partial charge in [0.2, 0.25) is 0 Å². The van der Waals surface area contributed by atoms with Crippen molar-refractivity contribution >= 4 is 39.2 Å². The normalized spacial score (nSPS) is 12.1. The molecule has 3 rings (SSSR count). The summed E-state index contributed by atoms with van der Waals surface area (Å²) in [5.74, 6) is -1.05. The van der Waals surface area contributed by atoms with Crippen molar-refractivity contribution in [2.24, 2.45) is 5.73 Å². The highest BCUT2D eigenvalue weighted by Gasteiger charge is 2.23. The lowest BCUT2D eigenvalue weighted by molar-refractivity contribution is -0.142. The topological polar surface area (TPSA) is 128 Å². The highest BCUT2D eigenvalue weighted by atomic mass is 35.5. The Balaban J connectivity index is 1.90. The maximum Gasteiger partial charge on any atom is 0.329 e. The number of benzene rings is 3. The number of aryl methyl sites for hydroxylation is 4. The molecule has 0 radical (unpaired) electrons. The molecule has 0 aliphatic carbocycles. The van der Waals surface area contributed by atoms with Crippen molar-refractivity contribution in [2.75, 3.05) is 18.4 Å². The first-order valence-electron chi connectivity index (χ1n) is 11.5. The molecule has 0 bridgehead atoms. The molecule has 3 aromatic carbocycles. The first kappa shape index (κ1) is 28.2. The third-order valence-corrected chi connectivity index (χ3v) is 7.91. The highest BCUT2D eigenvalue weighted by molar-refractivity contribution is 7.92. The van der Waals surface area contributed by atoms with Gasteiger partial charge in [-0.05, 0) is 85.3 Å². The molecular formula is C27H30ClN3O5S. The minimum Gasteiger partial charge on any atom is -0.467 e. The lowest BCUT2D eigenvalue weighted by Crippen LogP contribution is -2.46. The summed E-state index contributed by atoms with van der Waals surface area (Å²) >= 11 is 6.13.